The van der Waals surface area contributed by atoms with Crippen LogP contribution in [0.25, 0.3) is 0 Å². The molecule has 1 N–H and O–H groups in total. The van der Waals surface area contributed by atoms with E-state index in [9.17, 15) is 9.90 Å². The van der Waals surface area contributed by atoms with E-state index < -0.39 is 5.97 Å². The van der Waals surface area contributed by atoms with Crippen molar-refractivity contribution in [2.45, 2.75) is 23.8 Å². The normalized spacial score (nSPS) is 10.3. The Labute approximate surface area is 110 Å². The standard InChI is InChI=1S/C14H13NO2S/c1-9-8-10(2)15-13(12(9)14(16)17)18-11-6-4-3-5-7-11/h3-8H,1-2H3,(H,16,17). The van der Waals surface area contributed by atoms with Gasteiger partial charge in [0.1, 0.15) is 5.03 Å². The number of nitrogens with zero attached hydrogens (tertiary/aromatic N) is 1. The lowest BCUT2D eigenvalue weighted by Crippen LogP contribution is -2.05. The molecule has 2 rings (SSSR count). The van der Waals surface area contributed by atoms with Crippen molar-refractivity contribution in [3.8, 4) is 0 Å². The van der Waals surface area contributed by atoms with Gasteiger partial charge in [-0.25, -0.2) is 9.78 Å². The number of aromatic nitrogens is 1. The summed E-state index contributed by atoms with van der Waals surface area (Å²) in [6, 6.07) is 11.4. The van der Waals surface area contributed by atoms with Gasteiger partial charge >= 0.3 is 5.97 Å². The van der Waals surface area contributed by atoms with E-state index in [1.54, 1.807) is 13.0 Å². The van der Waals surface area contributed by atoms with Crippen LogP contribution in [0, 0.1) is 13.8 Å². The molecular formula is C14H13NO2S. The Hall–Kier alpha value is -1.81. The summed E-state index contributed by atoms with van der Waals surface area (Å²) in [7, 11) is 0. The zero-order valence-electron chi connectivity index (χ0n) is 10.2. The second kappa shape index (κ2) is 5.23. The fourth-order valence-electron chi connectivity index (χ4n) is 1.74. The lowest BCUT2D eigenvalue weighted by molar-refractivity contribution is 0.0691. The number of hydrogen-bond donors (Lipinski definition) is 1. The molecule has 92 valence electrons. The van der Waals surface area contributed by atoms with Gasteiger partial charge < -0.3 is 5.11 Å². The number of carbonyl (C=O) groups is 1. The van der Waals surface area contributed by atoms with E-state index in [-0.39, 0.29) is 5.56 Å². The monoisotopic (exact) mass is 259 g/mol. The van der Waals surface area contributed by atoms with E-state index in [1.807, 2.05) is 37.3 Å². The van der Waals surface area contributed by atoms with E-state index in [0.717, 1.165) is 16.2 Å². The molecule has 4 heteroatoms. The van der Waals surface area contributed by atoms with Crippen LogP contribution >= 0.6 is 11.8 Å². The summed E-state index contributed by atoms with van der Waals surface area (Å²) in [6.45, 7) is 3.67. The maximum Gasteiger partial charge on any atom is 0.338 e. The Kier molecular flexibility index (Phi) is 3.67. The number of carboxylic acids is 1. The molecule has 0 aliphatic heterocycles. The fraction of sp³-hybridized carbons (Fsp3) is 0.143. The molecule has 0 saturated carbocycles. The Morgan fingerprint density at radius 2 is 1.89 bits per heavy atom. The smallest absolute Gasteiger partial charge is 0.338 e. The topological polar surface area (TPSA) is 50.2 Å². The lowest BCUT2D eigenvalue weighted by atomic mass is 10.1. The SMILES string of the molecule is Cc1cc(C)c(C(=O)O)c(Sc2ccccc2)n1. The van der Waals surface area contributed by atoms with Crippen molar-refractivity contribution in [1.82, 2.24) is 4.98 Å². The van der Waals surface area contributed by atoms with Crippen LogP contribution in [0.2, 0.25) is 0 Å². The number of aryl methyl sites for hydroxylation is 2. The second-order valence-corrected chi connectivity index (χ2v) is 5.04. The molecule has 0 spiro atoms. The van der Waals surface area contributed by atoms with E-state index in [4.69, 9.17) is 0 Å². The van der Waals surface area contributed by atoms with Crippen molar-refractivity contribution in [3.05, 3.63) is 53.2 Å². The van der Waals surface area contributed by atoms with Crippen LogP contribution in [0.1, 0.15) is 21.6 Å². The third kappa shape index (κ3) is 2.71. The first-order valence-corrected chi connectivity index (χ1v) is 6.34. The molecule has 0 amide bonds. The third-order valence-electron chi connectivity index (χ3n) is 2.48. The first kappa shape index (κ1) is 12.6. The van der Waals surface area contributed by atoms with E-state index in [0.29, 0.717) is 5.03 Å². The van der Waals surface area contributed by atoms with Crippen molar-refractivity contribution in [2.75, 3.05) is 0 Å². The van der Waals surface area contributed by atoms with Crippen LogP contribution in [0.4, 0.5) is 0 Å². The zero-order chi connectivity index (χ0) is 13.1. The molecule has 0 fully saturated rings. The predicted octanol–water partition coefficient (Wildman–Crippen LogP) is 3.55. The van der Waals surface area contributed by atoms with Gasteiger partial charge in [0, 0.05) is 10.6 Å². The summed E-state index contributed by atoms with van der Waals surface area (Å²) in [5.41, 5.74) is 1.86. The molecule has 0 atom stereocenters. The number of aromatic carboxylic acids is 1. The number of carboxylic acid groups (broad SMARTS) is 1. The highest BCUT2D eigenvalue weighted by Crippen LogP contribution is 2.30. The van der Waals surface area contributed by atoms with E-state index in [1.165, 1.54) is 11.8 Å². The molecule has 0 aliphatic rings. The van der Waals surface area contributed by atoms with Crippen LogP contribution in [-0.4, -0.2) is 16.1 Å². The van der Waals surface area contributed by atoms with Gasteiger partial charge in [0.05, 0.1) is 5.56 Å². The summed E-state index contributed by atoms with van der Waals surface area (Å²) in [5.74, 6) is -0.932. The van der Waals surface area contributed by atoms with Gasteiger partial charge in [-0.05, 0) is 37.6 Å². The van der Waals surface area contributed by atoms with Crippen LogP contribution < -0.4 is 0 Å². The molecule has 1 aromatic carbocycles. The number of pyridine rings is 1. The van der Waals surface area contributed by atoms with Gasteiger partial charge in [-0.15, -0.1) is 0 Å². The predicted molar refractivity (Wildman–Crippen MR) is 71.2 cm³/mol. The molecule has 0 unspecified atom stereocenters. The minimum Gasteiger partial charge on any atom is -0.478 e. The van der Waals surface area contributed by atoms with Gasteiger partial charge in [-0.2, -0.15) is 0 Å². The van der Waals surface area contributed by atoms with Crippen LogP contribution in [0.5, 0.6) is 0 Å². The zero-order valence-corrected chi connectivity index (χ0v) is 11.0. The Morgan fingerprint density at radius 1 is 1.22 bits per heavy atom. The molecule has 0 aliphatic carbocycles. The van der Waals surface area contributed by atoms with Crippen molar-refractivity contribution < 1.29 is 9.90 Å². The largest absolute Gasteiger partial charge is 0.478 e. The Morgan fingerprint density at radius 3 is 2.50 bits per heavy atom. The van der Waals surface area contributed by atoms with Gasteiger partial charge in [-0.3, -0.25) is 0 Å². The Balaban J connectivity index is 2.46. The molecule has 0 saturated heterocycles. The highest BCUT2D eigenvalue weighted by molar-refractivity contribution is 7.99. The first-order chi connectivity index (χ1) is 8.58. The molecular weight excluding hydrogens is 246 g/mol. The first-order valence-electron chi connectivity index (χ1n) is 5.52. The van der Waals surface area contributed by atoms with Crippen molar-refractivity contribution >= 4 is 17.7 Å². The van der Waals surface area contributed by atoms with Crippen molar-refractivity contribution in [3.63, 3.8) is 0 Å². The fourth-order valence-corrected chi connectivity index (χ4v) is 2.79. The molecule has 0 radical (unpaired) electrons. The summed E-state index contributed by atoms with van der Waals surface area (Å²) in [5, 5.41) is 9.81. The highest BCUT2D eigenvalue weighted by Gasteiger charge is 2.16. The lowest BCUT2D eigenvalue weighted by Gasteiger charge is -2.09. The minimum absolute atomic E-state index is 0.287. The van der Waals surface area contributed by atoms with Crippen LogP contribution in [0.15, 0.2) is 46.3 Å². The van der Waals surface area contributed by atoms with Crippen molar-refractivity contribution in [2.24, 2.45) is 0 Å². The number of hydrogen-bond acceptors (Lipinski definition) is 3. The highest BCUT2D eigenvalue weighted by atomic mass is 32.2. The van der Waals surface area contributed by atoms with Crippen LogP contribution in [0.3, 0.4) is 0 Å². The average Bonchev–Trinajstić information content (AvgIpc) is 2.28. The number of benzene rings is 1. The van der Waals surface area contributed by atoms with Gasteiger partial charge in [0.2, 0.25) is 0 Å². The summed E-state index contributed by atoms with van der Waals surface area (Å²) >= 11 is 1.38. The van der Waals surface area contributed by atoms with Gasteiger partial charge in [-0.1, -0.05) is 30.0 Å². The van der Waals surface area contributed by atoms with Crippen molar-refractivity contribution in [1.29, 1.82) is 0 Å². The molecule has 2 aromatic rings. The van der Waals surface area contributed by atoms with E-state index >= 15 is 0 Å². The maximum absolute atomic E-state index is 11.3. The Bertz CT molecular complexity index is 582. The maximum atomic E-state index is 11.3. The van der Waals surface area contributed by atoms with Gasteiger partial charge in [0.15, 0.2) is 0 Å². The van der Waals surface area contributed by atoms with E-state index in [2.05, 4.69) is 4.98 Å². The average molecular weight is 259 g/mol. The molecule has 18 heavy (non-hydrogen) atoms. The second-order valence-electron chi connectivity index (χ2n) is 3.98. The molecule has 3 nitrogen and oxygen atoms in total. The summed E-state index contributed by atoms with van der Waals surface area (Å²) < 4.78 is 0. The molecule has 0 bridgehead atoms. The molecule has 1 heterocycles. The summed E-state index contributed by atoms with van der Waals surface area (Å²) in [6.07, 6.45) is 0. The minimum atomic E-state index is -0.932. The number of rotatable bonds is 3. The summed E-state index contributed by atoms with van der Waals surface area (Å²) in [4.78, 5) is 16.6. The van der Waals surface area contributed by atoms with Crippen LogP contribution in [-0.2, 0) is 0 Å². The van der Waals surface area contributed by atoms with Gasteiger partial charge in [0.25, 0.3) is 0 Å². The third-order valence-corrected chi connectivity index (χ3v) is 3.48. The quantitative estimate of drug-likeness (QED) is 0.915. The molecule has 1 aromatic heterocycles.